The fourth-order valence-electron chi connectivity index (χ4n) is 5.91. The summed E-state index contributed by atoms with van der Waals surface area (Å²) in [5.74, 6) is -1.37. The zero-order valence-corrected chi connectivity index (χ0v) is 21.7. The lowest BCUT2D eigenvalue weighted by Crippen LogP contribution is -2.33. The zero-order chi connectivity index (χ0) is 27.2. The molecule has 1 aliphatic carbocycles. The van der Waals surface area contributed by atoms with Crippen LogP contribution in [0.25, 0.3) is 22.0 Å². The van der Waals surface area contributed by atoms with Crippen LogP contribution in [0.2, 0.25) is 0 Å². The third-order valence-corrected chi connectivity index (χ3v) is 7.62. The number of amides is 1. The van der Waals surface area contributed by atoms with Gasteiger partial charge < -0.3 is 21.5 Å². The lowest BCUT2D eigenvalue weighted by atomic mass is 9.80. The summed E-state index contributed by atoms with van der Waals surface area (Å²) >= 11 is 0. The Morgan fingerprint density at radius 2 is 1.84 bits per heavy atom. The van der Waals surface area contributed by atoms with Gasteiger partial charge >= 0.3 is 5.97 Å². The normalized spacial score (nSPS) is 20.7. The molecule has 1 amide bonds. The summed E-state index contributed by atoms with van der Waals surface area (Å²) in [7, 11) is 0. The number of hydrogen-bond donors (Lipinski definition) is 3. The van der Waals surface area contributed by atoms with Gasteiger partial charge in [0.25, 0.3) is 5.91 Å². The average Bonchev–Trinajstić information content (AvgIpc) is 3.17. The molecule has 9 heteroatoms. The molecule has 1 saturated carbocycles. The van der Waals surface area contributed by atoms with Crippen molar-refractivity contribution in [1.82, 2.24) is 4.57 Å². The molecule has 0 bridgehead atoms. The highest BCUT2D eigenvalue weighted by molar-refractivity contribution is 6.06. The Hall–Kier alpha value is -3.72. The smallest absolute Gasteiger partial charge is 0.319 e. The molecule has 3 aromatic rings. The number of ether oxygens (including phenoxy) is 1. The second-order valence-corrected chi connectivity index (χ2v) is 11.2. The number of halogens is 1. The first kappa shape index (κ1) is 25.9. The maximum absolute atomic E-state index is 14.4. The van der Waals surface area contributed by atoms with Crippen molar-refractivity contribution < 1.29 is 23.5 Å². The molecule has 8 nitrogen and oxygen atoms in total. The summed E-state index contributed by atoms with van der Waals surface area (Å²) in [4.78, 5) is 37.0. The van der Waals surface area contributed by atoms with Crippen molar-refractivity contribution in [3.63, 3.8) is 0 Å². The van der Waals surface area contributed by atoms with E-state index in [4.69, 9.17) is 16.2 Å². The molecule has 1 aromatic heterocycles. The number of fused-ring (bicyclic) bond motifs is 3. The number of aromatic nitrogens is 1. The van der Waals surface area contributed by atoms with Crippen LogP contribution in [0.4, 0.5) is 10.1 Å². The molecule has 0 spiro atoms. The first-order chi connectivity index (χ1) is 18.1. The van der Waals surface area contributed by atoms with Gasteiger partial charge in [0, 0.05) is 34.8 Å². The zero-order valence-electron chi connectivity index (χ0n) is 21.7. The highest BCUT2D eigenvalue weighted by Crippen LogP contribution is 2.43. The van der Waals surface area contributed by atoms with Crippen LogP contribution in [0.1, 0.15) is 66.8 Å². The maximum Gasteiger partial charge on any atom is 0.319 e. The number of rotatable bonds is 6. The molecule has 5 N–H and O–H groups in total. The molecule has 38 heavy (non-hydrogen) atoms. The van der Waals surface area contributed by atoms with Crippen molar-refractivity contribution in [2.24, 2.45) is 16.9 Å². The van der Waals surface area contributed by atoms with Gasteiger partial charge in [-0.3, -0.25) is 19.0 Å². The van der Waals surface area contributed by atoms with Crippen molar-refractivity contribution in [3.05, 3.63) is 53.5 Å². The minimum absolute atomic E-state index is 0.0155. The summed E-state index contributed by atoms with van der Waals surface area (Å²) in [6, 6.07) is 9.90. The topological polar surface area (TPSA) is 129 Å². The number of benzene rings is 2. The predicted octanol–water partition coefficient (Wildman–Crippen LogP) is 4.38. The largest absolute Gasteiger partial charge is 0.461 e. The van der Waals surface area contributed by atoms with E-state index < -0.39 is 11.9 Å². The van der Waals surface area contributed by atoms with Gasteiger partial charge in [0.15, 0.2) is 0 Å². The van der Waals surface area contributed by atoms with E-state index >= 15 is 0 Å². The van der Waals surface area contributed by atoms with Gasteiger partial charge in [0.05, 0.1) is 17.6 Å². The number of primary amides is 1. The Morgan fingerprint density at radius 1 is 1.11 bits per heavy atom. The van der Waals surface area contributed by atoms with Crippen molar-refractivity contribution in [1.29, 1.82) is 0 Å². The van der Waals surface area contributed by atoms with E-state index in [1.165, 1.54) is 12.1 Å². The quantitative estimate of drug-likeness (QED) is 0.414. The van der Waals surface area contributed by atoms with Crippen molar-refractivity contribution in [3.8, 4) is 11.1 Å². The van der Waals surface area contributed by atoms with Gasteiger partial charge in [0.2, 0.25) is 5.91 Å². The summed E-state index contributed by atoms with van der Waals surface area (Å²) in [6.45, 7) is 3.97. The van der Waals surface area contributed by atoms with Crippen molar-refractivity contribution in [2.75, 3.05) is 11.9 Å². The summed E-state index contributed by atoms with van der Waals surface area (Å²) < 4.78 is 21.5. The van der Waals surface area contributed by atoms with E-state index in [-0.39, 0.29) is 35.8 Å². The maximum atomic E-state index is 14.4. The Balaban J connectivity index is 1.53. The highest BCUT2D eigenvalue weighted by atomic mass is 19.1. The first-order valence-corrected chi connectivity index (χ1v) is 13.0. The molecule has 2 aromatic carbocycles. The van der Waals surface area contributed by atoms with Gasteiger partial charge in [-0.25, -0.2) is 4.39 Å². The summed E-state index contributed by atoms with van der Waals surface area (Å²) in [5.41, 5.74) is 14.8. The van der Waals surface area contributed by atoms with Crippen molar-refractivity contribution in [2.45, 2.75) is 64.5 Å². The molecule has 1 fully saturated rings. The molecule has 5 rings (SSSR count). The Morgan fingerprint density at radius 3 is 2.53 bits per heavy atom. The predicted molar refractivity (Wildman–Crippen MR) is 143 cm³/mol. The number of carbonyl (C=O) groups excluding carboxylic acids is 3. The molecule has 1 aliphatic heterocycles. The number of nitrogens with two attached hydrogens (primary N) is 2. The third-order valence-electron chi connectivity index (χ3n) is 7.62. The molecular weight excluding hydrogens is 487 g/mol. The van der Waals surface area contributed by atoms with Crippen LogP contribution in [0, 0.1) is 11.2 Å². The van der Waals surface area contributed by atoms with Crippen LogP contribution in [0.3, 0.4) is 0 Å². The number of anilines is 1. The number of carbonyl (C=O) groups is 3. The molecule has 0 unspecified atom stereocenters. The van der Waals surface area contributed by atoms with Crippen LogP contribution < -0.4 is 16.8 Å². The van der Waals surface area contributed by atoms with Crippen molar-refractivity contribution >= 4 is 34.4 Å². The number of nitrogens with one attached hydrogen (secondary N) is 1. The van der Waals surface area contributed by atoms with Gasteiger partial charge in [-0.1, -0.05) is 19.9 Å². The monoisotopic (exact) mass is 520 g/mol. The van der Waals surface area contributed by atoms with Gasteiger partial charge in [-0.15, -0.1) is 0 Å². The first-order valence-electron chi connectivity index (χ1n) is 13.0. The van der Waals surface area contributed by atoms with Gasteiger partial charge in [-0.2, -0.15) is 0 Å². The third kappa shape index (κ3) is 4.90. The minimum atomic E-state index is -0.560. The molecule has 200 valence electrons. The van der Waals surface area contributed by atoms with Gasteiger partial charge in [-0.05, 0) is 73.4 Å². The van der Waals surface area contributed by atoms with Gasteiger partial charge in [0.1, 0.15) is 11.9 Å². The fourth-order valence-corrected chi connectivity index (χ4v) is 5.91. The van der Waals surface area contributed by atoms with Crippen LogP contribution in [0.15, 0.2) is 36.4 Å². The van der Waals surface area contributed by atoms with E-state index in [2.05, 4.69) is 19.2 Å². The molecule has 2 heterocycles. The number of esters is 1. The second kappa shape index (κ2) is 9.87. The van der Waals surface area contributed by atoms with E-state index in [1.807, 2.05) is 6.07 Å². The van der Waals surface area contributed by atoms with E-state index in [9.17, 15) is 18.8 Å². The Bertz CT molecular complexity index is 1440. The summed E-state index contributed by atoms with van der Waals surface area (Å²) in [5, 5.41) is 4.13. The van der Waals surface area contributed by atoms with E-state index in [0.29, 0.717) is 47.8 Å². The SMILES string of the molecule is CC1(C)CC(=O)n2c(c(-c3ccc(C(N)=O)c(NC4CCC(OC(=O)CN)CC4)c3)c3cc(F)ccc32)C1. The Kier molecular flexibility index (Phi) is 6.73. The highest BCUT2D eigenvalue weighted by Gasteiger charge is 2.35. The molecule has 0 radical (unpaired) electrons. The minimum Gasteiger partial charge on any atom is -0.461 e. The van der Waals surface area contributed by atoms with Crippen LogP contribution in [-0.4, -0.2) is 41.0 Å². The van der Waals surface area contributed by atoms with E-state index in [0.717, 1.165) is 29.7 Å². The Labute approximate surface area is 220 Å². The number of nitrogens with zero attached hydrogens (tertiary/aromatic N) is 1. The average molecular weight is 521 g/mol. The summed E-state index contributed by atoms with van der Waals surface area (Å²) in [6.07, 6.45) is 3.73. The number of hydrogen-bond acceptors (Lipinski definition) is 6. The molecule has 0 saturated heterocycles. The standard InChI is InChI=1S/C29H33FN4O4/c1-29(2)13-24-27(21-12-17(30)4-10-23(21)34(24)25(35)14-29)16-3-9-20(28(32)37)22(11-16)33-18-5-7-19(8-6-18)38-26(36)15-31/h3-4,9-12,18-19,33H,5-8,13-15,31H2,1-2H3,(H2,32,37). The fraction of sp³-hybridized carbons (Fsp3) is 0.414. The second-order valence-electron chi connectivity index (χ2n) is 11.2. The lowest BCUT2D eigenvalue weighted by Gasteiger charge is -2.31. The van der Waals surface area contributed by atoms with E-state index in [1.54, 1.807) is 22.8 Å². The van der Waals surface area contributed by atoms with Crippen LogP contribution in [0.5, 0.6) is 0 Å². The van der Waals surface area contributed by atoms with Crippen LogP contribution >= 0.6 is 0 Å². The molecule has 0 atom stereocenters. The van der Waals surface area contributed by atoms with Crippen LogP contribution in [-0.2, 0) is 16.0 Å². The molecular formula is C29H33FN4O4. The molecule has 2 aliphatic rings. The lowest BCUT2D eigenvalue weighted by molar-refractivity contribution is -0.148.